The molecular weight excluding hydrogens is 286 g/mol. The Morgan fingerprint density at radius 3 is 2.71 bits per heavy atom. The van der Waals surface area contributed by atoms with E-state index in [0.29, 0.717) is 18.3 Å². The highest BCUT2D eigenvalue weighted by atomic mass is 35.5. The van der Waals surface area contributed by atoms with Crippen LogP contribution in [-0.4, -0.2) is 9.97 Å². The van der Waals surface area contributed by atoms with Crippen molar-refractivity contribution < 1.29 is 0 Å². The number of nitrogens with one attached hydrogen (secondary N) is 2. The van der Waals surface area contributed by atoms with E-state index in [1.165, 1.54) is 0 Å². The van der Waals surface area contributed by atoms with E-state index >= 15 is 0 Å². The third kappa shape index (κ3) is 3.25. The molecule has 21 heavy (non-hydrogen) atoms. The monoisotopic (exact) mass is 303 g/mol. The Bertz CT molecular complexity index is 655. The fourth-order valence-corrected chi connectivity index (χ4v) is 2.42. The molecule has 1 aromatic carbocycles. The van der Waals surface area contributed by atoms with Gasteiger partial charge in [-0.05, 0) is 37.5 Å². The summed E-state index contributed by atoms with van der Waals surface area (Å²) < 4.78 is 0. The minimum atomic E-state index is 0.476. The normalized spacial score (nSPS) is 14.0. The van der Waals surface area contributed by atoms with E-state index < -0.39 is 0 Å². The van der Waals surface area contributed by atoms with Crippen LogP contribution < -0.4 is 16.6 Å². The Morgan fingerprint density at radius 1 is 1.29 bits per heavy atom. The average molecular weight is 304 g/mol. The van der Waals surface area contributed by atoms with Gasteiger partial charge in [-0.3, -0.25) is 0 Å². The summed E-state index contributed by atoms with van der Waals surface area (Å²) in [6.07, 6.45) is 2.31. The number of nitrogen functional groups attached to an aromatic ring is 1. The molecule has 1 aromatic heterocycles. The van der Waals surface area contributed by atoms with Gasteiger partial charge in [0, 0.05) is 23.0 Å². The molecule has 0 radical (unpaired) electrons. The summed E-state index contributed by atoms with van der Waals surface area (Å²) in [4.78, 5) is 9.10. The molecule has 1 fully saturated rings. The minimum absolute atomic E-state index is 0.476. The van der Waals surface area contributed by atoms with E-state index in [1.807, 2.05) is 31.2 Å². The number of anilines is 2. The smallest absolute Gasteiger partial charge is 0.148 e. The molecule has 1 saturated carbocycles. The Balaban J connectivity index is 1.82. The van der Waals surface area contributed by atoms with Gasteiger partial charge in [0.1, 0.15) is 17.5 Å². The molecule has 6 heteroatoms. The van der Waals surface area contributed by atoms with Gasteiger partial charge in [-0.1, -0.05) is 23.7 Å². The third-order valence-electron chi connectivity index (χ3n) is 3.59. The average Bonchev–Trinajstić information content (AvgIpc) is 3.31. The van der Waals surface area contributed by atoms with Gasteiger partial charge in [-0.15, -0.1) is 0 Å². The van der Waals surface area contributed by atoms with Crippen LogP contribution in [0.15, 0.2) is 24.3 Å². The first-order valence-corrected chi connectivity index (χ1v) is 7.38. The van der Waals surface area contributed by atoms with E-state index in [9.17, 15) is 0 Å². The van der Waals surface area contributed by atoms with Crippen LogP contribution >= 0.6 is 11.6 Å². The molecule has 0 aliphatic heterocycles. The zero-order valence-electron chi connectivity index (χ0n) is 11.9. The second-order valence-electron chi connectivity index (χ2n) is 5.31. The lowest BCUT2D eigenvalue weighted by molar-refractivity contribution is 0.910. The molecule has 4 N–H and O–H groups in total. The van der Waals surface area contributed by atoms with Gasteiger partial charge in [-0.25, -0.2) is 15.8 Å². The number of rotatable bonds is 5. The number of hydrazine groups is 1. The molecule has 2 aromatic rings. The van der Waals surface area contributed by atoms with Crippen molar-refractivity contribution in [3.8, 4) is 0 Å². The van der Waals surface area contributed by atoms with Crippen LogP contribution in [0.2, 0.25) is 5.02 Å². The Hall–Kier alpha value is -1.85. The summed E-state index contributed by atoms with van der Waals surface area (Å²) in [5, 5.41) is 4.08. The van der Waals surface area contributed by atoms with Crippen LogP contribution in [0.25, 0.3) is 0 Å². The highest BCUT2D eigenvalue weighted by Gasteiger charge is 2.28. The molecule has 1 aliphatic rings. The lowest BCUT2D eigenvalue weighted by Gasteiger charge is -2.13. The molecule has 0 saturated heterocycles. The van der Waals surface area contributed by atoms with E-state index in [-0.39, 0.29) is 0 Å². The summed E-state index contributed by atoms with van der Waals surface area (Å²) >= 11 is 6.00. The molecule has 3 rings (SSSR count). The second kappa shape index (κ2) is 5.87. The summed E-state index contributed by atoms with van der Waals surface area (Å²) in [5.74, 6) is 8.39. The van der Waals surface area contributed by atoms with Crippen LogP contribution in [0, 0.1) is 6.92 Å². The second-order valence-corrected chi connectivity index (χ2v) is 5.74. The first kappa shape index (κ1) is 14.1. The van der Waals surface area contributed by atoms with Gasteiger partial charge < -0.3 is 10.7 Å². The number of hydrogen-bond donors (Lipinski definition) is 3. The lowest BCUT2D eigenvalue weighted by Crippen LogP contribution is -2.14. The van der Waals surface area contributed by atoms with Crippen molar-refractivity contribution in [3.63, 3.8) is 0 Å². The van der Waals surface area contributed by atoms with E-state index in [0.717, 1.165) is 40.6 Å². The number of nitrogens with zero attached hydrogens (tertiary/aromatic N) is 2. The topological polar surface area (TPSA) is 75.9 Å². The number of halogens is 1. The summed E-state index contributed by atoms with van der Waals surface area (Å²) in [7, 11) is 0. The molecule has 1 aliphatic carbocycles. The van der Waals surface area contributed by atoms with Crippen LogP contribution in [0.5, 0.6) is 0 Å². The van der Waals surface area contributed by atoms with Crippen molar-refractivity contribution >= 4 is 23.2 Å². The quantitative estimate of drug-likeness (QED) is 0.584. The van der Waals surface area contributed by atoms with Gasteiger partial charge in [0.15, 0.2) is 0 Å². The first-order chi connectivity index (χ1) is 10.2. The first-order valence-electron chi connectivity index (χ1n) is 7.01. The maximum Gasteiger partial charge on any atom is 0.148 e. The minimum Gasteiger partial charge on any atom is -0.366 e. The van der Waals surface area contributed by atoms with Crippen LogP contribution in [-0.2, 0) is 6.54 Å². The number of benzene rings is 1. The van der Waals surface area contributed by atoms with Gasteiger partial charge >= 0.3 is 0 Å². The van der Waals surface area contributed by atoms with Crippen molar-refractivity contribution in [1.82, 2.24) is 9.97 Å². The molecule has 0 atom stereocenters. The lowest BCUT2D eigenvalue weighted by atomic mass is 10.2. The predicted octanol–water partition coefficient (Wildman–Crippen LogP) is 3.21. The highest BCUT2D eigenvalue weighted by molar-refractivity contribution is 6.30. The zero-order valence-corrected chi connectivity index (χ0v) is 12.6. The van der Waals surface area contributed by atoms with Crippen molar-refractivity contribution in [3.05, 3.63) is 46.2 Å². The van der Waals surface area contributed by atoms with Gasteiger partial charge in [-0.2, -0.15) is 0 Å². The zero-order chi connectivity index (χ0) is 14.8. The summed E-state index contributed by atoms with van der Waals surface area (Å²) in [5.41, 5.74) is 4.68. The van der Waals surface area contributed by atoms with Crippen molar-refractivity contribution in [1.29, 1.82) is 0 Å². The van der Waals surface area contributed by atoms with Gasteiger partial charge in [0.05, 0.1) is 0 Å². The predicted molar refractivity (Wildman–Crippen MR) is 85.3 cm³/mol. The van der Waals surface area contributed by atoms with Gasteiger partial charge in [0.2, 0.25) is 0 Å². The number of nitrogens with two attached hydrogens (primary N) is 1. The fourth-order valence-electron chi connectivity index (χ4n) is 2.20. The van der Waals surface area contributed by atoms with E-state index in [2.05, 4.69) is 20.7 Å². The molecule has 0 unspecified atom stereocenters. The number of hydrogen-bond acceptors (Lipinski definition) is 5. The SMILES string of the molecule is Cc1c(NN)nc(C2CC2)nc1NCc1cccc(Cl)c1. The van der Waals surface area contributed by atoms with E-state index in [1.54, 1.807) is 0 Å². The molecule has 0 bridgehead atoms. The fraction of sp³-hybridized carbons (Fsp3) is 0.333. The molecule has 5 nitrogen and oxygen atoms in total. The third-order valence-corrected chi connectivity index (χ3v) is 3.83. The van der Waals surface area contributed by atoms with Crippen LogP contribution in [0.4, 0.5) is 11.6 Å². The molecular formula is C15H18ClN5. The highest BCUT2D eigenvalue weighted by Crippen LogP contribution is 2.39. The maximum atomic E-state index is 6.00. The summed E-state index contributed by atoms with van der Waals surface area (Å²) in [6, 6.07) is 7.77. The summed E-state index contributed by atoms with van der Waals surface area (Å²) in [6.45, 7) is 2.61. The molecule has 110 valence electrons. The molecule has 0 spiro atoms. The Labute approximate surface area is 128 Å². The van der Waals surface area contributed by atoms with Crippen molar-refractivity contribution in [2.24, 2.45) is 5.84 Å². The van der Waals surface area contributed by atoms with Crippen molar-refractivity contribution in [2.75, 3.05) is 10.7 Å². The van der Waals surface area contributed by atoms with Gasteiger partial charge in [0.25, 0.3) is 0 Å². The maximum absolute atomic E-state index is 6.00. The van der Waals surface area contributed by atoms with Crippen LogP contribution in [0.3, 0.4) is 0 Å². The largest absolute Gasteiger partial charge is 0.366 e. The Kier molecular flexibility index (Phi) is 3.94. The Morgan fingerprint density at radius 2 is 2.05 bits per heavy atom. The number of aromatic nitrogens is 2. The molecule has 1 heterocycles. The van der Waals surface area contributed by atoms with Crippen LogP contribution in [0.1, 0.15) is 35.7 Å². The standard InChI is InChI=1S/C15H18ClN5/c1-9-13(18-8-10-3-2-4-12(16)7-10)19-15(11-5-6-11)20-14(9)21-17/h2-4,7,11H,5-6,8,17H2,1H3,(H2,18,19,20,21). The van der Waals surface area contributed by atoms with E-state index in [4.69, 9.17) is 17.4 Å². The molecule has 0 amide bonds. The van der Waals surface area contributed by atoms with Crippen molar-refractivity contribution in [2.45, 2.75) is 32.2 Å².